The van der Waals surface area contributed by atoms with Crippen molar-refractivity contribution in [2.24, 2.45) is 5.73 Å². The fraction of sp³-hybridized carbons (Fsp3) is 0.143. The molecule has 20 heavy (non-hydrogen) atoms. The number of hydrogen-bond donors (Lipinski definition) is 1. The fourth-order valence-electron chi connectivity index (χ4n) is 1.69. The minimum atomic E-state index is -0.475. The average molecular weight is 293 g/mol. The van der Waals surface area contributed by atoms with E-state index in [1.807, 2.05) is 0 Å². The predicted octanol–water partition coefficient (Wildman–Crippen LogP) is 3.29. The van der Waals surface area contributed by atoms with Crippen LogP contribution in [0, 0.1) is 10.1 Å². The number of nitro benzene ring substituents is 1. The van der Waals surface area contributed by atoms with Crippen LogP contribution in [0.5, 0.6) is 5.75 Å². The molecule has 0 unspecified atom stereocenters. The molecule has 104 valence electrons. The summed E-state index contributed by atoms with van der Waals surface area (Å²) >= 11 is 5.79. The van der Waals surface area contributed by atoms with Gasteiger partial charge in [-0.1, -0.05) is 29.8 Å². The number of nitro groups is 1. The second kappa shape index (κ2) is 6.36. The molecular weight excluding hydrogens is 280 g/mol. The molecule has 5 nitrogen and oxygen atoms in total. The quantitative estimate of drug-likeness (QED) is 0.677. The summed E-state index contributed by atoms with van der Waals surface area (Å²) in [5.41, 5.74) is 7.11. The molecule has 2 N–H and O–H groups in total. The zero-order valence-electron chi connectivity index (χ0n) is 10.6. The first kappa shape index (κ1) is 14.3. The molecule has 0 spiro atoms. The van der Waals surface area contributed by atoms with Crippen molar-refractivity contribution in [3.63, 3.8) is 0 Å². The van der Waals surface area contributed by atoms with Crippen molar-refractivity contribution in [3.8, 4) is 5.75 Å². The van der Waals surface area contributed by atoms with E-state index in [2.05, 4.69) is 0 Å². The Morgan fingerprint density at radius 1 is 1.15 bits per heavy atom. The smallest absolute Gasteiger partial charge is 0.310 e. The Morgan fingerprint density at radius 2 is 1.80 bits per heavy atom. The maximum atomic E-state index is 11.0. The number of rotatable bonds is 5. The second-order valence-corrected chi connectivity index (χ2v) is 4.61. The molecule has 0 radical (unpaired) electrons. The van der Waals surface area contributed by atoms with Crippen LogP contribution in [0.1, 0.15) is 11.1 Å². The zero-order valence-corrected chi connectivity index (χ0v) is 11.3. The normalized spacial score (nSPS) is 10.3. The highest BCUT2D eigenvalue weighted by Crippen LogP contribution is 2.28. The first-order valence-electron chi connectivity index (χ1n) is 5.95. The summed E-state index contributed by atoms with van der Waals surface area (Å²) in [7, 11) is 0. The second-order valence-electron chi connectivity index (χ2n) is 4.18. The number of ether oxygens (including phenoxy) is 1. The van der Waals surface area contributed by atoms with Crippen molar-refractivity contribution in [1.29, 1.82) is 0 Å². The molecule has 0 aliphatic carbocycles. The Balaban J connectivity index is 2.18. The first-order valence-corrected chi connectivity index (χ1v) is 6.32. The van der Waals surface area contributed by atoms with E-state index in [4.69, 9.17) is 22.1 Å². The summed E-state index contributed by atoms with van der Waals surface area (Å²) in [5.74, 6) is 0.216. The third kappa shape index (κ3) is 3.46. The van der Waals surface area contributed by atoms with Crippen LogP contribution in [0.2, 0.25) is 5.02 Å². The number of nitrogens with two attached hydrogens (primary N) is 1. The van der Waals surface area contributed by atoms with E-state index >= 15 is 0 Å². The van der Waals surface area contributed by atoms with Crippen molar-refractivity contribution < 1.29 is 9.66 Å². The maximum absolute atomic E-state index is 11.0. The Hall–Kier alpha value is -2.11. The van der Waals surface area contributed by atoms with Gasteiger partial charge in [0.1, 0.15) is 6.61 Å². The van der Waals surface area contributed by atoms with Crippen LogP contribution >= 0.6 is 11.6 Å². The lowest BCUT2D eigenvalue weighted by molar-refractivity contribution is -0.386. The van der Waals surface area contributed by atoms with Gasteiger partial charge in [-0.25, -0.2) is 0 Å². The fourth-order valence-corrected chi connectivity index (χ4v) is 1.82. The highest BCUT2D eigenvalue weighted by atomic mass is 35.5. The summed E-state index contributed by atoms with van der Waals surface area (Å²) in [4.78, 5) is 10.5. The van der Waals surface area contributed by atoms with Crippen LogP contribution < -0.4 is 10.5 Å². The van der Waals surface area contributed by atoms with Crippen molar-refractivity contribution >= 4 is 17.3 Å². The van der Waals surface area contributed by atoms with E-state index in [-0.39, 0.29) is 18.0 Å². The molecule has 0 bridgehead atoms. The standard InChI is InChI=1S/C14H13ClN2O3/c15-12-4-1-10(2-5-12)9-20-14-7-11(8-16)3-6-13(14)17(18)19/h1-7H,8-9,16H2. The van der Waals surface area contributed by atoms with E-state index in [9.17, 15) is 10.1 Å². The van der Waals surface area contributed by atoms with E-state index < -0.39 is 4.92 Å². The molecule has 2 aromatic carbocycles. The van der Waals surface area contributed by atoms with Gasteiger partial charge in [-0.05, 0) is 29.3 Å². The van der Waals surface area contributed by atoms with Gasteiger partial charge < -0.3 is 10.5 Å². The van der Waals surface area contributed by atoms with Crippen molar-refractivity contribution in [2.45, 2.75) is 13.2 Å². The Kier molecular flexibility index (Phi) is 4.55. The number of halogens is 1. The third-order valence-corrected chi connectivity index (χ3v) is 3.02. The Labute approximate surface area is 121 Å². The minimum absolute atomic E-state index is 0.0730. The lowest BCUT2D eigenvalue weighted by Gasteiger charge is -2.08. The van der Waals surface area contributed by atoms with Crippen LogP contribution in [0.4, 0.5) is 5.69 Å². The average Bonchev–Trinajstić information content (AvgIpc) is 2.46. The minimum Gasteiger partial charge on any atom is -0.482 e. The summed E-state index contributed by atoms with van der Waals surface area (Å²) in [6, 6.07) is 11.7. The largest absolute Gasteiger partial charge is 0.482 e. The van der Waals surface area contributed by atoms with Gasteiger partial charge in [-0.3, -0.25) is 10.1 Å². The van der Waals surface area contributed by atoms with E-state index in [0.29, 0.717) is 11.6 Å². The molecule has 0 aliphatic heterocycles. The molecule has 2 rings (SSSR count). The van der Waals surface area contributed by atoms with E-state index in [0.717, 1.165) is 11.1 Å². The molecule has 6 heteroatoms. The van der Waals surface area contributed by atoms with Crippen LogP contribution in [0.3, 0.4) is 0 Å². The summed E-state index contributed by atoms with van der Waals surface area (Å²) in [5, 5.41) is 11.6. The molecule has 0 heterocycles. The van der Waals surface area contributed by atoms with Gasteiger partial charge in [-0.15, -0.1) is 0 Å². The van der Waals surface area contributed by atoms with Crippen molar-refractivity contribution in [2.75, 3.05) is 0 Å². The molecule has 0 saturated heterocycles. The number of benzene rings is 2. The topological polar surface area (TPSA) is 78.4 Å². The molecule has 0 saturated carbocycles. The van der Waals surface area contributed by atoms with Gasteiger partial charge in [-0.2, -0.15) is 0 Å². The molecule has 0 aromatic heterocycles. The summed E-state index contributed by atoms with van der Waals surface area (Å²) < 4.78 is 5.53. The van der Waals surface area contributed by atoms with Crippen LogP contribution in [0.25, 0.3) is 0 Å². The highest BCUT2D eigenvalue weighted by Gasteiger charge is 2.15. The molecule has 0 aliphatic rings. The third-order valence-electron chi connectivity index (χ3n) is 2.76. The zero-order chi connectivity index (χ0) is 14.5. The van der Waals surface area contributed by atoms with Gasteiger partial charge in [0.05, 0.1) is 4.92 Å². The van der Waals surface area contributed by atoms with Crippen LogP contribution in [-0.4, -0.2) is 4.92 Å². The Morgan fingerprint density at radius 3 is 2.40 bits per heavy atom. The van der Waals surface area contributed by atoms with Gasteiger partial charge in [0.15, 0.2) is 5.75 Å². The van der Waals surface area contributed by atoms with Gasteiger partial charge in [0, 0.05) is 17.6 Å². The molecule has 0 fully saturated rings. The van der Waals surface area contributed by atoms with Crippen LogP contribution in [-0.2, 0) is 13.2 Å². The lowest BCUT2D eigenvalue weighted by atomic mass is 10.2. The Bertz CT molecular complexity index is 614. The number of nitrogens with zero attached hydrogens (tertiary/aromatic N) is 1. The van der Waals surface area contributed by atoms with E-state index in [1.54, 1.807) is 36.4 Å². The molecule has 2 aromatic rings. The van der Waals surface area contributed by atoms with E-state index in [1.165, 1.54) is 6.07 Å². The molecular formula is C14H13ClN2O3. The predicted molar refractivity (Wildman–Crippen MR) is 76.8 cm³/mol. The monoisotopic (exact) mass is 292 g/mol. The first-order chi connectivity index (χ1) is 9.60. The summed E-state index contributed by atoms with van der Waals surface area (Å²) in [6.07, 6.45) is 0. The molecule has 0 amide bonds. The maximum Gasteiger partial charge on any atom is 0.310 e. The lowest BCUT2D eigenvalue weighted by Crippen LogP contribution is -2.02. The number of hydrogen-bond acceptors (Lipinski definition) is 4. The van der Waals surface area contributed by atoms with Gasteiger partial charge in [0.25, 0.3) is 0 Å². The molecule has 0 atom stereocenters. The summed E-state index contributed by atoms with van der Waals surface area (Å²) in [6.45, 7) is 0.529. The van der Waals surface area contributed by atoms with Crippen molar-refractivity contribution in [3.05, 3.63) is 68.7 Å². The van der Waals surface area contributed by atoms with Crippen molar-refractivity contribution in [1.82, 2.24) is 0 Å². The SMILES string of the molecule is NCc1ccc([N+](=O)[O-])c(OCc2ccc(Cl)cc2)c1. The highest BCUT2D eigenvalue weighted by molar-refractivity contribution is 6.30. The van der Waals surface area contributed by atoms with Gasteiger partial charge in [0.2, 0.25) is 0 Å². The van der Waals surface area contributed by atoms with Crippen LogP contribution in [0.15, 0.2) is 42.5 Å². The van der Waals surface area contributed by atoms with Gasteiger partial charge >= 0.3 is 5.69 Å².